The Hall–Kier alpha value is -1.06. The summed E-state index contributed by atoms with van der Waals surface area (Å²) in [6, 6.07) is -0.357. The molecule has 106 valence electrons. The summed E-state index contributed by atoms with van der Waals surface area (Å²) in [4.78, 5) is 25.9. The lowest BCUT2D eigenvalue weighted by atomic mass is 9.74. The number of carbonyl (C=O) groups is 2. The second-order valence-electron chi connectivity index (χ2n) is 6.42. The zero-order chi connectivity index (χ0) is 13.4. The van der Waals surface area contributed by atoms with Gasteiger partial charge in [0.05, 0.1) is 0 Å². The number of aliphatic carboxylic acids is 1. The molecule has 19 heavy (non-hydrogen) atoms. The first-order chi connectivity index (χ1) is 9.18. The highest BCUT2D eigenvalue weighted by Gasteiger charge is 2.45. The van der Waals surface area contributed by atoms with Crippen molar-refractivity contribution in [2.45, 2.75) is 69.9 Å². The van der Waals surface area contributed by atoms with Crippen molar-refractivity contribution in [3.05, 3.63) is 0 Å². The van der Waals surface area contributed by atoms with Crippen molar-refractivity contribution in [2.24, 2.45) is 11.8 Å². The molecule has 3 rings (SSSR count). The molecule has 2 aliphatic carbocycles. The average Bonchev–Trinajstić information content (AvgIpc) is 2.35. The molecule has 4 heteroatoms. The molecule has 2 saturated carbocycles. The van der Waals surface area contributed by atoms with E-state index in [4.69, 9.17) is 0 Å². The van der Waals surface area contributed by atoms with E-state index in [1.807, 2.05) is 0 Å². The number of carboxylic acids is 1. The molecule has 0 bridgehead atoms. The maximum Gasteiger partial charge on any atom is 0.326 e. The number of rotatable bonds is 2. The summed E-state index contributed by atoms with van der Waals surface area (Å²) in [5, 5.41) is 9.43. The number of likely N-dealkylation sites (tertiary alicyclic amines) is 1. The van der Waals surface area contributed by atoms with E-state index in [1.165, 1.54) is 12.8 Å². The molecule has 1 amide bonds. The molecule has 1 aliphatic heterocycles. The summed E-state index contributed by atoms with van der Waals surface area (Å²) in [5.74, 6) is -0.0112. The van der Waals surface area contributed by atoms with Crippen LogP contribution < -0.4 is 0 Å². The molecule has 3 fully saturated rings. The standard InChI is InChI=1S/C15H23NO3/c17-14(11-5-3-6-11)16-12-7-2-1-4-10(12)8-9-13(16)15(18)19/h10-13H,1-9H2,(H,18,19). The maximum absolute atomic E-state index is 12.6. The predicted molar refractivity (Wildman–Crippen MR) is 70.6 cm³/mol. The van der Waals surface area contributed by atoms with Crippen LogP contribution >= 0.6 is 0 Å². The van der Waals surface area contributed by atoms with Gasteiger partial charge in [0.25, 0.3) is 0 Å². The van der Waals surface area contributed by atoms with Crippen molar-refractivity contribution in [3.63, 3.8) is 0 Å². The van der Waals surface area contributed by atoms with E-state index in [2.05, 4.69) is 0 Å². The Morgan fingerprint density at radius 1 is 0.895 bits per heavy atom. The molecule has 1 N–H and O–H groups in total. The SMILES string of the molecule is O=C(O)C1CCC2CCCCC2N1C(=O)C1CCC1. The zero-order valence-electron chi connectivity index (χ0n) is 11.4. The van der Waals surface area contributed by atoms with Crippen LogP contribution in [0.4, 0.5) is 0 Å². The van der Waals surface area contributed by atoms with E-state index >= 15 is 0 Å². The molecule has 3 aliphatic rings. The third kappa shape index (κ3) is 2.26. The molecule has 0 aromatic rings. The minimum Gasteiger partial charge on any atom is -0.480 e. The highest BCUT2D eigenvalue weighted by Crippen LogP contribution is 2.40. The molecule has 3 atom stereocenters. The van der Waals surface area contributed by atoms with Gasteiger partial charge in [0.1, 0.15) is 6.04 Å². The molecule has 0 radical (unpaired) electrons. The Balaban J connectivity index is 1.82. The smallest absolute Gasteiger partial charge is 0.326 e. The predicted octanol–water partition coefficient (Wildman–Crippen LogP) is 2.42. The van der Waals surface area contributed by atoms with E-state index < -0.39 is 12.0 Å². The van der Waals surface area contributed by atoms with E-state index in [0.29, 0.717) is 12.3 Å². The highest BCUT2D eigenvalue weighted by molar-refractivity contribution is 5.86. The Kier molecular flexibility index (Phi) is 3.50. The van der Waals surface area contributed by atoms with Gasteiger partial charge in [-0.05, 0) is 44.4 Å². The van der Waals surface area contributed by atoms with Gasteiger partial charge >= 0.3 is 5.97 Å². The number of hydrogen-bond acceptors (Lipinski definition) is 2. The van der Waals surface area contributed by atoms with Gasteiger partial charge in [-0.2, -0.15) is 0 Å². The quantitative estimate of drug-likeness (QED) is 0.834. The Labute approximate surface area is 114 Å². The van der Waals surface area contributed by atoms with Crippen LogP contribution in [-0.4, -0.2) is 34.0 Å². The van der Waals surface area contributed by atoms with Crippen LogP contribution in [0.3, 0.4) is 0 Å². The fourth-order valence-corrected chi connectivity index (χ4v) is 4.06. The Bertz CT molecular complexity index is 378. The summed E-state index contributed by atoms with van der Waals surface area (Å²) >= 11 is 0. The van der Waals surface area contributed by atoms with Crippen molar-refractivity contribution < 1.29 is 14.7 Å². The monoisotopic (exact) mass is 265 g/mol. The van der Waals surface area contributed by atoms with Gasteiger partial charge in [0, 0.05) is 12.0 Å². The second kappa shape index (κ2) is 5.14. The summed E-state index contributed by atoms with van der Waals surface area (Å²) in [7, 11) is 0. The van der Waals surface area contributed by atoms with Crippen LogP contribution in [0.1, 0.15) is 57.8 Å². The first-order valence-corrected chi connectivity index (χ1v) is 7.73. The highest BCUT2D eigenvalue weighted by atomic mass is 16.4. The fourth-order valence-electron chi connectivity index (χ4n) is 4.06. The first-order valence-electron chi connectivity index (χ1n) is 7.73. The minimum atomic E-state index is -0.809. The maximum atomic E-state index is 12.6. The number of piperidine rings is 1. The number of nitrogens with zero attached hydrogens (tertiary/aromatic N) is 1. The topological polar surface area (TPSA) is 57.6 Å². The van der Waals surface area contributed by atoms with Crippen molar-refractivity contribution in [3.8, 4) is 0 Å². The molecular weight excluding hydrogens is 242 g/mol. The van der Waals surface area contributed by atoms with Gasteiger partial charge < -0.3 is 10.0 Å². The molecule has 1 heterocycles. The number of hydrogen-bond donors (Lipinski definition) is 1. The number of amides is 1. The number of carboxylic acid groups (broad SMARTS) is 1. The summed E-state index contributed by atoms with van der Waals surface area (Å²) < 4.78 is 0. The van der Waals surface area contributed by atoms with Gasteiger partial charge in [0.2, 0.25) is 5.91 Å². The lowest BCUT2D eigenvalue weighted by Crippen LogP contribution is -2.59. The van der Waals surface area contributed by atoms with Crippen molar-refractivity contribution in [2.75, 3.05) is 0 Å². The second-order valence-corrected chi connectivity index (χ2v) is 6.42. The van der Waals surface area contributed by atoms with Crippen molar-refractivity contribution in [1.29, 1.82) is 0 Å². The van der Waals surface area contributed by atoms with Crippen molar-refractivity contribution >= 4 is 11.9 Å². The molecule has 3 unspecified atom stereocenters. The summed E-state index contributed by atoms with van der Waals surface area (Å²) in [6.07, 6.45) is 9.23. The first kappa shape index (κ1) is 12.9. The molecule has 4 nitrogen and oxygen atoms in total. The molecule has 0 aromatic carbocycles. The van der Waals surface area contributed by atoms with Crippen LogP contribution in [0.5, 0.6) is 0 Å². The number of fused-ring (bicyclic) bond motifs is 1. The lowest BCUT2D eigenvalue weighted by molar-refractivity contribution is -0.162. The summed E-state index contributed by atoms with van der Waals surface area (Å²) in [5.41, 5.74) is 0. The van der Waals surface area contributed by atoms with Crippen LogP contribution in [-0.2, 0) is 9.59 Å². The third-order valence-electron chi connectivity index (χ3n) is 5.37. The molecule has 0 aromatic heterocycles. The molecule has 1 saturated heterocycles. The number of carbonyl (C=O) groups excluding carboxylic acids is 1. The van der Waals surface area contributed by atoms with Crippen LogP contribution in [0.15, 0.2) is 0 Å². The van der Waals surface area contributed by atoms with Gasteiger partial charge in [-0.3, -0.25) is 4.79 Å². The van der Waals surface area contributed by atoms with Gasteiger partial charge in [-0.15, -0.1) is 0 Å². The van der Waals surface area contributed by atoms with E-state index in [0.717, 1.165) is 38.5 Å². The van der Waals surface area contributed by atoms with E-state index in [-0.39, 0.29) is 17.9 Å². The Morgan fingerprint density at radius 2 is 1.63 bits per heavy atom. The van der Waals surface area contributed by atoms with Gasteiger partial charge in [-0.25, -0.2) is 4.79 Å². The van der Waals surface area contributed by atoms with Crippen molar-refractivity contribution in [1.82, 2.24) is 4.90 Å². The Morgan fingerprint density at radius 3 is 2.26 bits per heavy atom. The molecular formula is C15H23NO3. The van der Waals surface area contributed by atoms with E-state index in [9.17, 15) is 14.7 Å². The average molecular weight is 265 g/mol. The van der Waals surface area contributed by atoms with Gasteiger partial charge in [-0.1, -0.05) is 19.3 Å². The van der Waals surface area contributed by atoms with Crippen LogP contribution in [0.25, 0.3) is 0 Å². The largest absolute Gasteiger partial charge is 0.480 e. The zero-order valence-corrected chi connectivity index (χ0v) is 11.4. The fraction of sp³-hybridized carbons (Fsp3) is 0.867. The normalized spacial score (nSPS) is 35.4. The molecule has 0 spiro atoms. The van der Waals surface area contributed by atoms with Gasteiger partial charge in [0.15, 0.2) is 0 Å². The van der Waals surface area contributed by atoms with Crippen LogP contribution in [0, 0.1) is 11.8 Å². The van der Waals surface area contributed by atoms with E-state index in [1.54, 1.807) is 4.90 Å². The van der Waals surface area contributed by atoms with Crippen LogP contribution in [0.2, 0.25) is 0 Å². The lowest BCUT2D eigenvalue weighted by Gasteiger charge is -2.49. The third-order valence-corrected chi connectivity index (χ3v) is 5.37. The summed E-state index contributed by atoms with van der Waals surface area (Å²) in [6.45, 7) is 0. The minimum absolute atomic E-state index is 0.113.